The Bertz CT molecular complexity index is 1590. The summed E-state index contributed by atoms with van der Waals surface area (Å²) in [5.41, 5.74) is 3.89. The van der Waals surface area contributed by atoms with E-state index in [2.05, 4.69) is 21.2 Å². The molecule has 3 aromatic rings. The number of nitrogens with one attached hydrogen (secondary N) is 3. The number of aliphatic hydroxyl groups excluding tert-OH is 1. The van der Waals surface area contributed by atoms with Crippen molar-refractivity contribution in [1.29, 1.82) is 0 Å². The van der Waals surface area contributed by atoms with E-state index in [0.29, 0.717) is 46.5 Å². The number of ether oxygens (including phenoxy) is 3. The first-order valence-electron chi connectivity index (χ1n) is 12.9. The van der Waals surface area contributed by atoms with Crippen molar-refractivity contribution < 1.29 is 38.2 Å². The second kappa shape index (κ2) is 13.7. The van der Waals surface area contributed by atoms with Crippen LogP contribution in [0.2, 0.25) is 5.02 Å². The molecule has 15 heteroatoms. The SMILES string of the molecule is CCOc1cc([C@@H]2NC(=O)NC(C)=C2C(=O)OC)ccc1OC[C@@H](O)N/N=C\c1ccc(-c2cc([N+](=O)[O-])ccc2Cl)o1. The number of esters is 1. The average molecular weight is 614 g/mol. The number of allylic oxidation sites excluding steroid dienone is 1. The maximum Gasteiger partial charge on any atom is 0.337 e. The Morgan fingerprint density at radius 3 is 2.74 bits per heavy atom. The summed E-state index contributed by atoms with van der Waals surface area (Å²) < 4.78 is 22.0. The number of non-ortho nitro benzene ring substituents is 1. The molecule has 0 saturated carbocycles. The molecule has 2 heterocycles. The van der Waals surface area contributed by atoms with Crippen molar-refractivity contribution in [1.82, 2.24) is 16.1 Å². The average Bonchev–Trinajstić information content (AvgIpc) is 3.44. The quantitative estimate of drug-likeness (QED) is 0.0763. The maximum atomic E-state index is 12.4. The number of rotatable bonds is 12. The topological polar surface area (TPSA) is 187 Å². The fourth-order valence-corrected chi connectivity index (χ4v) is 4.40. The van der Waals surface area contributed by atoms with E-state index in [1.165, 1.54) is 31.5 Å². The smallest absolute Gasteiger partial charge is 0.337 e. The van der Waals surface area contributed by atoms with Crippen molar-refractivity contribution in [2.45, 2.75) is 26.1 Å². The van der Waals surface area contributed by atoms with Gasteiger partial charge in [-0.15, -0.1) is 0 Å². The number of furan rings is 1. The minimum atomic E-state index is -1.23. The van der Waals surface area contributed by atoms with E-state index in [4.69, 9.17) is 30.2 Å². The van der Waals surface area contributed by atoms with Crippen LogP contribution >= 0.6 is 11.6 Å². The van der Waals surface area contributed by atoms with E-state index >= 15 is 0 Å². The second-order valence-electron chi connectivity index (χ2n) is 9.04. The molecule has 4 N–H and O–H groups in total. The highest BCUT2D eigenvalue weighted by Crippen LogP contribution is 2.35. The van der Waals surface area contributed by atoms with Gasteiger partial charge < -0.3 is 34.4 Å². The Kier molecular flexibility index (Phi) is 9.85. The van der Waals surface area contributed by atoms with Crippen LogP contribution in [-0.2, 0) is 9.53 Å². The number of nitro benzene ring substituents is 1. The lowest BCUT2D eigenvalue weighted by atomic mass is 9.95. The first-order valence-corrected chi connectivity index (χ1v) is 13.3. The van der Waals surface area contributed by atoms with Gasteiger partial charge in [0.05, 0.1) is 41.5 Å². The van der Waals surface area contributed by atoms with Gasteiger partial charge in [-0.05, 0) is 49.7 Å². The van der Waals surface area contributed by atoms with Gasteiger partial charge in [0.2, 0.25) is 0 Å². The van der Waals surface area contributed by atoms with Crippen LogP contribution < -0.4 is 25.5 Å². The standard InChI is InChI=1S/C28H28ClN5O9/c1-4-41-23-11-16(26-25(27(36)40-3)15(2)31-28(37)32-26)5-9-22(23)42-14-24(35)33-30-13-18-7-10-21(43-18)19-12-17(34(38)39)6-8-20(19)29/h5-13,24,26,33,35H,4,14H2,1-3H3,(H2,31,32,37)/b30-13-/t24-,26+/m1/s1. The molecule has 0 bridgehead atoms. The van der Waals surface area contributed by atoms with E-state index in [0.717, 1.165) is 0 Å². The molecule has 14 nitrogen and oxygen atoms in total. The summed E-state index contributed by atoms with van der Waals surface area (Å²) in [6, 6.07) is 10.8. The molecule has 1 aromatic heterocycles. The molecule has 4 rings (SSSR count). The predicted molar refractivity (Wildman–Crippen MR) is 155 cm³/mol. The van der Waals surface area contributed by atoms with Crippen molar-refractivity contribution in [2.75, 3.05) is 20.3 Å². The van der Waals surface area contributed by atoms with Gasteiger partial charge in [0.15, 0.2) is 17.7 Å². The molecule has 2 amide bonds. The zero-order valence-corrected chi connectivity index (χ0v) is 24.0. The third-order valence-electron chi connectivity index (χ3n) is 6.14. The van der Waals surface area contributed by atoms with Crippen LogP contribution in [0.5, 0.6) is 11.5 Å². The molecule has 2 aromatic carbocycles. The van der Waals surface area contributed by atoms with Gasteiger partial charge in [0.25, 0.3) is 5.69 Å². The summed E-state index contributed by atoms with van der Waals surface area (Å²) in [4.78, 5) is 35.1. The van der Waals surface area contributed by atoms with Gasteiger partial charge in [0, 0.05) is 23.4 Å². The lowest BCUT2D eigenvalue weighted by Crippen LogP contribution is -2.45. The Labute approximate surface area is 250 Å². The molecule has 0 saturated heterocycles. The summed E-state index contributed by atoms with van der Waals surface area (Å²) in [7, 11) is 1.25. The van der Waals surface area contributed by atoms with Gasteiger partial charge in [-0.25, -0.2) is 9.59 Å². The fraction of sp³-hybridized carbons (Fsp3) is 0.250. The highest BCUT2D eigenvalue weighted by Gasteiger charge is 2.32. The van der Waals surface area contributed by atoms with Crippen LogP contribution in [0.3, 0.4) is 0 Å². The number of carbonyl (C=O) groups is 2. The van der Waals surface area contributed by atoms with Gasteiger partial charge in [-0.1, -0.05) is 17.7 Å². The Balaban J connectivity index is 1.40. The monoisotopic (exact) mass is 613 g/mol. The molecule has 1 aliphatic rings. The highest BCUT2D eigenvalue weighted by molar-refractivity contribution is 6.33. The minimum Gasteiger partial charge on any atom is -0.490 e. The zero-order valence-electron chi connectivity index (χ0n) is 23.3. The first kappa shape index (κ1) is 30.9. The van der Waals surface area contributed by atoms with Crippen LogP contribution in [0, 0.1) is 10.1 Å². The summed E-state index contributed by atoms with van der Waals surface area (Å²) in [5.74, 6) is 0.641. The van der Waals surface area contributed by atoms with Gasteiger partial charge in [-0.2, -0.15) is 5.10 Å². The van der Waals surface area contributed by atoms with E-state index < -0.39 is 29.2 Å². The summed E-state index contributed by atoms with van der Waals surface area (Å²) in [5, 5.41) is 30.9. The molecule has 2 atom stereocenters. The van der Waals surface area contributed by atoms with E-state index in [1.54, 1.807) is 44.2 Å². The molecule has 0 radical (unpaired) electrons. The molecular formula is C28H28ClN5O9. The lowest BCUT2D eigenvalue weighted by Gasteiger charge is -2.28. The van der Waals surface area contributed by atoms with Crippen LogP contribution in [0.4, 0.5) is 10.5 Å². The molecule has 226 valence electrons. The number of hydrazone groups is 1. The molecule has 1 aliphatic heterocycles. The number of urea groups is 1. The molecule has 0 aliphatic carbocycles. The Morgan fingerprint density at radius 2 is 2.02 bits per heavy atom. The summed E-state index contributed by atoms with van der Waals surface area (Å²) in [6.07, 6.45) is 0.0754. The highest BCUT2D eigenvalue weighted by atomic mass is 35.5. The number of nitrogens with zero attached hydrogens (tertiary/aromatic N) is 2. The first-order chi connectivity index (χ1) is 20.6. The largest absolute Gasteiger partial charge is 0.490 e. The maximum absolute atomic E-state index is 12.4. The summed E-state index contributed by atoms with van der Waals surface area (Å²) >= 11 is 6.17. The number of methoxy groups -OCH3 is 1. The number of hydrogen-bond donors (Lipinski definition) is 4. The molecule has 43 heavy (non-hydrogen) atoms. The molecular weight excluding hydrogens is 586 g/mol. The fourth-order valence-electron chi connectivity index (χ4n) is 4.19. The number of aliphatic hydroxyl groups is 1. The van der Waals surface area contributed by atoms with E-state index in [9.17, 15) is 24.8 Å². The van der Waals surface area contributed by atoms with Crippen LogP contribution in [0.15, 0.2) is 69.3 Å². The van der Waals surface area contributed by atoms with Gasteiger partial charge >= 0.3 is 12.0 Å². The van der Waals surface area contributed by atoms with Gasteiger partial charge in [0.1, 0.15) is 18.1 Å². The van der Waals surface area contributed by atoms with Crippen molar-refractivity contribution in [3.63, 3.8) is 0 Å². The number of halogens is 1. The van der Waals surface area contributed by atoms with Crippen LogP contribution in [0.1, 0.15) is 31.2 Å². The molecule has 0 fully saturated rings. The zero-order chi connectivity index (χ0) is 31.1. The third kappa shape index (κ3) is 7.42. The predicted octanol–water partition coefficient (Wildman–Crippen LogP) is 4.03. The van der Waals surface area contributed by atoms with E-state index in [1.807, 2.05) is 0 Å². The summed E-state index contributed by atoms with van der Waals surface area (Å²) in [6.45, 7) is 3.47. The second-order valence-corrected chi connectivity index (χ2v) is 9.45. The number of hydrogen-bond acceptors (Lipinski definition) is 11. The van der Waals surface area contributed by atoms with Crippen molar-refractivity contribution in [3.8, 4) is 22.8 Å². The van der Waals surface area contributed by atoms with Crippen LogP contribution in [-0.4, -0.2) is 54.8 Å². The number of nitro groups is 1. The lowest BCUT2D eigenvalue weighted by molar-refractivity contribution is -0.384. The van der Waals surface area contributed by atoms with Crippen molar-refractivity contribution in [3.05, 3.63) is 86.3 Å². The third-order valence-corrected chi connectivity index (χ3v) is 6.47. The van der Waals surface area contributed by atoms with E-state index in [-0.39, 0.29) is 22.9 Å². The minimum absolute atomic E-state index is 0.131. The van der Waals surface area contributed by atoms with Crippen molar-refractivity contribution >= 4 is 35.5 Å². The Hall–Kier alpha value is -5.08. The molecule has 0 unspecified atom stereocenters. The Morgan fingerprint density at radius 1 is 1.23 bits per heavy atom. The van der Waals surface area contributed by atoms with Crippen molar-refractivity contribution in [2.24, 2.45) is 5.10 Å². The molecule has 0 spiro atoms. The normalized spacial score (nSPS) is 15.5. The van der Waals surface area contributed by atoms with Gasteiger partial charge in [-0.3, -0.25) is 15.5 Å². The number of amides is 2. The number of benzene rings is 2. The van der Waals surface area contributed by atoms with Crippen LogP contribution in [0.25, 0.3) is 11.3 Å². The number of carbonyl (C=O) groups excluding carboxylic acids is 2.